The Bertz CT molecular complexity index is 1500. The maximum Gasteiger partial charge on any atom is 0.278 e. The van der Waals surface area contributed by atoms with Crippen molar-refractivity contribution in [1.82, 2.24) is 20.0 Å². The molecule has 2 amide bonds. The Balaban J connectivity index is 0.00000353. The normalized spacial score (nSPS) is 13.6. The molecule has 1 aromatic heterocycles. The summed E-state index contributed by atoms with van der Waals surface area (Å²) in [5.41, 5.74) is 6.72. The molecule has 202 valence electrons. The Morgan fingerprint density at radius 3 is 2.26 bits per heavy atom. The van der Waals surface area contributed by atoms with E-state index in [-0.39, 0.29) is 35.3 Å². The number of carbonyl (C=O) groups excluding carboxylic acids is 3. The Labute approximate surface area is 230 Å². The van der Waals surface area contributed by atoms with Gasteiger partial charge in [-0.25, -0.2) is 4.39 Å². The molecule has 3 N–H and O–H groups in total. The Hall–Kier alpha value is -4.28. The van der Waals surface area contributed by atoms with E-state index in [1.54, 1.807) is 48.5 Å². The first-order valence-electron chi connectivity index (χ1n) is 12.3. The number of rotatable bonds is 7. The quantitative estimate of drug-likeness (QED) is 0.366. The van der Waals surface area contributed by atoms with Gasteiger partial charge in [0.05, 0.1) is 16.6 Å². The van der Waals surface area contributed by atoms with Crippen molar-refractivity contribution < 1.29 is 18.8 Å². The van der Waals surface area contributed by atoms with Crippen LogP contribution in [0.1, 0.15) is 31.1 Å². The van der Waals surface area contributed by atoms with Crippen molar-refractivity contribution in [2.24, 2.45) is 5.73 Å². The number of nitrogens with two attached hydrogens (primary N) is 1. The van der Waals surface area contributed by atoms with Gasteiger partial charge in [-0.2, -0.15) is 4.68 Å². The van der Waals surface area contributed by atoms with Crippen LogP contribution in [0.2, 0.25) is 0 Å². The molecule has 0 radical (unpaired) electrons. The van der Waals surface area contributed by atoms with Crippen LogP contribution in [-0.2, 0) is 0 Å². The number of hydrogen-bond donors (Lipinski definition) is 2. The minimum Gasteiger partial charge on any atom is -0.366 e. The molecule has 1 fully saturated rings. The van der Waals surface area contributed by atoms with Gasteiger partial charge < -0.3 is 16.0 Å². The maximum atomic E-state index is 14.1. The van der Waals surface area contributed by atoms with Crippen molar-refractivity contribution in [1.29, 1.82) is 0 Å². The first-order chi connectivity index (χ1) is 18.4. The number of anilines is 1. The van der Waals surface area contributed by atoms with Gasteiger partial charge >= 0.3 is 0 Å². The molecule has 0 atom stereocenters. The largest absolute Gasteiger partial charge is 0.366 e. The summed E-state index contributed by atoms with van der Waals surface area (Å²) in [4.78, 5) is 41.6. The Morgan fingerprint density at radius 1 is 0.897 bits per heavy atom. The second-order valence-corrected chi connectivity index (χ2v) is 9.06. The van der Waals surface area contributed by atoms with Crippen molar-refractivity contribution >= 4 is 46.8 Å². The summed E-state index contributed by atoms with van der Waals surface area (Å²) in [6.07, 6.45) is 0. The zero-order valence-corrected chi connectivity index (χ0v) is 21.9. The number of carbonyl (C=O) groups is 3. The lowest BCUT2D eigenvalue weighted by Gasteiger charge is -2.35. The molecule has 4 aromatic rings. The molecule has 39 heavy (non-hydrogen) atoms. The molecule has 0 spiro atoms. The zero-order valence-electron chi connectivity index (χ0n) is 21.0. The van der Waals surface area contributed by atoms with Crippen molar-refractivity contribution in [3.63, 3.8) is 0 Å². The third kappa shape index (κ3) is 5.92. The van der Waals surface area contributed by atoms with Crippen molar-refractivity contribution in [2.45, 2.75) is 0 Å². The van der Waals surface area contributed by atoms with Gasteiger partial charge in [-0.15, -0.1) is 17.5 Å². The molecule has 1 aliphatic rings. The van der Waals surface area contributed by atoms with Crippen LogP contribution in [0, 0.1) is 5.82 Å². The van der Waals surface area contributed by atoms with Gasteiger partial charge in [0, 0.05) is 56.3 Å². The molecular formula is C28H28ClFN6O3. The fourth-order valence-electron chi connectivity index (χ4n) is 4.67. The third-order valence-corrected chi connectivity index (χ3v) is 6.66. The molecule has 0 unspecified atom stereocenters. The highest BCUT2D eigenvalue weighted by Gasteiger charge is 2.24. The maximum absolute atomic E-state index is 14.1. The predicted octanol–water partition coefficient (Wildman–Crippen LogP) is 2.94. The fourth-order valence-corrected chi connectivity index (χ4v) is 4.67. The number of nitrogens with zero attached hydrogens (tertiary/aromatic N) is 4. The third-order valence-electron chi connectivity index (χ3n) is 6.66. The first-order valence-corrected chi connectivity index (χ1v) is 12.3. The molecular weight excluding hydrogens is 523 g/mol. The lowest BCUT2D eigenvalue weighted by atomic mass is 10.1. The van der Waals surface area contributed by atoms with Crippen molar-refractivity contribution in [3.05, 3.63) is 95.3 Å². The predicted molar refractivity (Wildman–Crippen MR) is 149 cm³/mol. The highest BCUT2D eigenvalue weighted by molar-refractivity contribution is 6.06. The van der Waals surface area contributed by atoms with Crippen LogP contribution in [0.3, 0.4) is 0 Å². The Kier molecular flexibility index (Phi) is 8.58. The van der Waals surface area contributed by atoms with E-state index >= 15 is 0 Å². The summed E-state index contributed by atoms with van der Waals surface area (Å²) >= 11 is 0. The van der Waals surface area contributed by atoms with Gasteiger partial charge in [0.1, 0.15) is 5.82 Å². The summed E-state index contributed by atoms with van der Waals surface area (Å²) in [5, 5.41) is 8.18. The number of benzene rings is 3. The molecule has 0 aliphatic carbocycles. The van der Waals surface area contributed by atoms with Gasteiger partial charge in [-0.05, 0) is 36.4 Å². The number of amides is 2. The summed E-state index contributed by atoms with van der Waals surface area (Å²) in [6, 6.07) is 19.6. The van der Waals surface area contributed by atoms with E-state index in [0.29, 0.717) is 48.5 Å². The van der Waals surface area contributed by atoms with Crippen LogP contribution < -0.4 is 16.0 Å². The van der Waals surface area contributed by atoms with Crippen LogP contribution in [0.15, 0.2) is 72.8 Å². The van der Waals surface area contributed by atoms with E-state index in [1.807, 2.05) is 6.07 Å². The number of hydrogen-bond acceptors (Lipinski definition) is 6. The number of fused-ring (bicyclic) bond motifs is 1. The van der Waals surface area contributed by atoms with E-state index < -0.39 is 11.7 Å². The highest BCUT2D eigenvalue weighted by Crippen LogP contribution is 2.28. The van der Waals surface area contributed by atoms with Crippen LogP contribution in [-0.4, -0.2) is 71.7 Å². The van der Waals surface area contributed by atoms with Crippen molar-refractivity contribution in [2.75, 3.05) is 44.2 Å². The number of primary amides is 1. The highest BCUT2D eigenvalue weighted by atomic mass is 35.5. The minimum atomic E-state index is -0.643. The van der Waals surface area contributed by atoms with E-state index in [2.05, 4.69) is 20.2 Å². The summed E-state index contributed by atoms with van der Waals surface area (Å²) in [7, 11) is 0. The molecule has 2 heterocycles. The van der Waals surface area contributed by atoms with Crippen LogP contribution in [0.5, 0.6) is 0 Å². The summed E-state index contributed by atoms with van der Waals surface area (Å²) in [5.74, 6) is -1.10. The summed E-state index contributed by atoms with van der Waals surface area (Å²) < 4.78 is 15.4. The topological polar surface area (TPSA) is 114 Å². The number of halogens is 2. The van der Waals surface area contributed by atoms with E-state index in [1.165, 1.54) is 22.9 Å². The zero-order chi connectivity index (χ0) is 26.6. The smallest absolute Gasteiger partial charge is 0.278 e. The van der Waals surface area contributed by atoms with Gasteiger partial charge in [-0.3, -0.25) is 19.3 Å². The molecule has 0 bridgehead atoms. The second kappa shape index (κ2) is 12.1. The number of piperazine rings is 1. The molecule has 5 rings (SSSR count). The molecule has 9 nitrogen and oxygen atoms in total. The minimum absolute atomic E-state index is 0. The first kappa shape index (κ1) is 27.7. The number of aromatic nitrogens is 2. The average molecular weight is 551 g/mol. The average Bonchev–Trinajstić information content (AvgIpc) is 3.32. The second-order valence-electron chi connectivity index (χ2n) is 9.06. The lowest BCUT2D eigenvalue weighted by molar-refractivity contribution is 0.0930. The number of nitrogens with one attached hydrogen (secondary N) is 1. The monoisotopic (exact) mass is 550 g/mol. The molecule has 0 saturated carbocycles. The fraction of sp³-hybridized carbons (Fsp3) is 0.214. The molecule has 11 heteroatoms. The van der Waals surface area contributed by atoms with Gasteiger partial charge in [0.15, 0.2) is 5.82 Å². The van der Waals surface area contributed by atoms with Gasteiger partial charge in [0.2, 0.25) is 5.91 Å². The lowest BCUT2D eigenvalue weighted by Crippen LogP contribution is -2.48. The van der Waals surface area contributed by atoms with Gasteiger partial charge in [-0.1, -0.05) is 30.3 Å². The van der Waals surface area contributed by atoms with Crippen molar-refractivity contribution in [3.8, 4) is 0 Å². The molecule has 1 aliphatic heterocycles. The van der Waals surface area contributed by atoms with E-state index in [0.717, 1.165) is 13.1 Å². The van der Waals surface area contributed by atoms with E-state index in [9.17, 15) is 18.8 Å². The van der Waals surface area contributed by atoms with Crippen LogP contribution in [0.25, 0.3) is 10.9 Å². The molecule has 1 saturated heterocycles. The van der Waals surface area contributed by atoms with Crippen LogP contribution in [0.4, 0.5) is 10.2 Å². The summed E-state index contributed by atoms with van der Waals surface area (Å²) in [6.45, 7) is 3.79. The molecule has 3 aromatic carbocycles. The van der Waals surface area contributed by atoms with Gasteiger partial charge in [0.25, 0.3) is 11.8 Å². The van der Waals surface area contributed by atoms with Crippen LogP contribution >= 0.6 is 12.4 Å². The Morgan fingerprint density at radius 2 is 1.56 bits per heavy atom. The SMILES string of the molecule is Cl.NC(=O)c1ccccc1C(=O)NCCN1CCN(c2nn(C(=O)c3ccccc3)c3cc(F)ccc23)CC1. The van der Waals surface area contributed by atoms with E-state index in [4.69, 9.17) is 5.73 Å². The standard InChI is InChI=1S/C28H27FN6O3.ClH/c29-20-10-11-23-24(18-20)35(28(38)19-6-2-1-3-7-19)32-26(23)34-16-14-33(15-17-34)13-12-31-27(37)22-9-5-4-8-21(22)25(30)36;/h1-11,18H,12-17H2,(H2,30,36)(H,31,37);1H.